The lowest BCUT2D eigenvalue weighted by Gasteiger charge is -2.18. The van der Waals surface area contributed by atoms with E-state index in [0.717, 1.165) is 11.0 Å². The number of hydrogen-bond donors (Lipinski definition) is 0. The van der Waals surface area contributed by atoms with Gasteiger partial charge in [-0.05, 0) is 24.3 Å². The van der Waals surface area contributed by atoms with Crippen LogP contribution in [0, 0.1) is 16.0 Å². The highest BCUT2D eigenvalue weighted by Crippen LogP contribution is 2.40. The number of imide groups is 1. The van der Waals surface area contributed by atoms with Crippen molar-refractivity contribution in [3.8, 4) is 17.2 Å². The molecule has 2 aromatic rings. The first-order valence-electron chi connectivity index (χ1n) is 9.07. The Kier molecular flexibility index (Phi) is 4.93. The van der Waals surface area contributed by atoms with Gasteiger partial charge in [-0.15, -0.1) is 0 Å². The van der Waals surface area contributed by atoms with E-state index in [1.54, 1.807) is 18.2 Å². The molecule has 1 fully saturated rings. The summed E-state index contributed by atoms with van der Waals surface area (Å²) < 4.78 is 15.7. The summed E-state index contributed by atoms with van der Waals surface area (Å²) in [6, 6.07) is 8.60. The zero-order valence-electron chi connectivity index (χ0n) is 16.7. The largest absolute Gasteiger partial charge is 0.494 e. The molecule has 1 saturated heterocycles. The molecule has 2 heterocycles. The second kappa shape index (κ2) is 7.59. The maximum atomic E-state index is 13.2. The summed E-state index contributed by atoms with van der Waals surface area (Å²) in [5.41, 5.74) is 0.660. The molecule has 2 amide bonds. The Hall–Kier alpha value is -4.15. The molecule has 4 rings (SSSR count). The summed E-state index contributed by atoms with van der Waals surface area (Å²) in [7, 11) is 4.27. The Morgan fingerprint density at radius 1 is 0.968 bits per heavy atom. The molecule has 11 nitrogen and oxygen atoms in total. The lowest BCUT2D eigenvalue weighted by atomic mass is 9.94. The van der Waals surface area contributed by atoms with Crippen molar-refractivity contribution in [3.05, 3.63) is 52.1 Å². The lowest BCUT2D eigenvalue weighted by Crippen LogP contribution is -2.33. The highest BCUT2D eigenvalue weighted by Gasteiger charge is 2.56. The average Bonchev–Trinajstić information content (AvgIpc) is 3.32. The number of nitro groups is 1. The van der Waals surface area contributed by atoms with Gasteiger partial charge in [0.1, 0.15) is 17.4 Å². The predicted octanol–water partition coefficient (Wildman–Crippen LogP) is 1.91. The number of nitrogens with zero attached hydrogens (tertiary/aromatic N) is 3. The zero-order chi connectivity index (χ0) is 22.3. The number of carbonyl (C=O) groups excluding carboxylic acids is 2. The van der Waals surface area contributed by atoms with Crippen molar-refractivity contribution in [1.29, 1.82) is 0 Å². The van der Waals surface area contributed by atoms with Gasteiger partial charge in [0, 0.05) is 11.6 Å². The van der Waals surface area contributed by atoms with Crippen LogP contribution >= 0.6 is 0 Å². The van der Waals surface area contributed by atoms with Crippen LogP contribution in [0.25, 0.3) is 0 Å². The van der Waals surface area contributed by atoms with Gasteiger partial charge in [0.15, 0.2) is 11.5 Å². The van der Waals surface area contributed by atoms with Crippen LogP contribution in [0.3, 0.4) is 0 Å². The molecule has 2 atom stereocenters. The van der Waals surface area contributed by atoms with Crippen molar-refractivity contribution < 1.29 is 33.6 Å². The number of carbonyl (C=O) groups is 2. The van der Waals surface area contributed by atoms with Crippen LogP contribution in [0.1, 0.15) is 5.56 Å². The number of amides is 2. The highest BCUT2D eigenvalue weighted by atomic mass is 16.7. The number of rotatable bonds is 6. The number of fused-ring (bicyclic) bond motifs is 1. The Morgan fingerprint density at radius 3 is 2.32 bits per heavy atom. The second-order valence-electron chi connectivity index (χ2n) is 6.68. The van der Waals surface area contributed by atoms with Crippen LogP contribution < -0.4 is 19.1 Å². The third kappa shape index (κ3) is 3.10. The number of methoxy groups -OCH3 is 3. The summed E-state index contributed by atoms with van der Waals surface area (Å²) >= 11 is 0. The molecule has 0 bridgehead atoms. The van der Waals surface area contributed by atoms with Crippen molar-refractivity contribution in [1.82, 2.24) is 0 Å². The third-order valence-electron chi connectivity index (χ3n) is 5.11. The molecule has 2 aliphatic rings. The van der Waals surface area contributed by atoms with Crippen LogP contribution in [-0.4, -0.2) is 49.9 Å². The Bertz CT molecular complexity index is 1130. The van der Waals surface area contributed by atoms with Gasteiger partial charge >= 0.3 is 0 Å². The minimum Gasteiger partial charge on any atom is -0.494 e. The Morgan fingerprint density at radius 2 is 1.68 bits per heavy atom. The minimum absolute atomic E-state index is 0.0143. The van der Waals surface area contributed by atoms with Gasteiger partial charge in [0.2, 0.25) is 12.0 Å². The number of anilines is 1. The summed E-state index contributed by atoms with van der Waals surface area (Å²) in [6.07, 6.45) is -1.14. The molecular formula is C20H17N3O8. The molecule has 0 aliphatic carbocycles. The predicted molar refractivity (Wildman–Crippen MR) is 107 cm³/mol. The number of benzene rings is 2. The van der Waals surface area contributed by atoms with E-state index in [9.17, 15) is 19.7 Å². The highest BCUT2D eigenvalue weighted by molar-refractivity contribution is 6.32. The molecule has 0 aromatic heterocycles. The number of non-ortho nitro benzene ring substituents is 1. The van der Waals surface area contributed by atoms with Gasteiger partial charge in [-0.25, -0.2) is 4.90 Å². The van der Waals surface area contributed by atoms with Gasteiger partial charge in [0.05, 0.1) is 38.0 Å². The molecular weight excluding hydrogens is 410 g/mol. The third-order valence-corrected chi connectivity index (χ3v) is 5.11. The fraction of sp³-hybridized carbons (Fsp3) is 0.250. The van der Waals surface area contributed by atoms with Crippen LogP contribution in [-0.2, 0) is 14.4 Å². The first-order valence-corrected chi connectivity index (χ1v) is 9.07. The maximum Gasteiger partial charge on any atom is 0.279 e. The standard InChI is InChI=1S/C20H17N3O8/c1-28-13-7-4-10(8-15(13)30-3)17-16-18(31-21-17)20(25)22(19(16)24)12-6-5-11(23(26)27)9-14(12)29-2/h4-9,16,18H,1-3H3/t16-,18+/m0/s1. The van der Waals surface area contributed by atoms with Crippen molar-refractivity contribution >= 4 is 28.9 Å². The zero-order valence-corrected chi connectivity index (χ0v) is 16.7. The fourth-order valence-corrected chi connectivity index (χ4v) is 3.61. The van der Waals surface area contributed by atoms with Gasteiger partial charge in [-0.1, -0.05) is 5.16 Å². The molecule has 11 heteroatoms. The summed E-state index contributed by atoms with van der Waals surface area (Å²) in [4.78, 5) is 42.8. The monoisotopic (exact) mass is 427 g/mol. The van der Waals surface area contributed by atoms with Crippen LogP contribution in [0.4, 0.5) is 11.4 Å². The van der Waals surface area contributed by atoms with Crippen LogP contribution in [0.2, 0.25) is 0 Å². The average molecular weight is 427 g/mol. The molecule has 0 saturated carbocycles. The van der Waals surface area contributed by atoms with Crippen molar-refractivity contribution in [2.45, 2.75) is 6.10 Å². The Labute approximate surface area is 175 Å². The van der Waals surface area contributed by atoms with Crippen molar-refractivity contribution in [2.24, 2.45) is 11.1 Å². The molecule has 2 aliphatic heterocycles. The van der Waals surface area contributed by atoms with E-state index in [1.807, 2.05) is 0 Å². The Balaban J connectivity index is 1.71. The molecule has 31 heavy (non-hydrogen) atoms. The summed E-state index contributed by atoms with van der Waals surface area (Å²) in [5.74, 6) is -1.26. The normalized spacial score (nSPS) is 19.6. The minimum atomic E-state index is -1.14. The van der Waals surface area contributed by atoms with Crippen LogP contribution in [0.5, 0.6) is 17.2 Å². The molecule has 160 valence electrons. The molecule has 0 N–H and O–H groups in total. The van der Waals surface area contributed by atoms with E-state index in [2.05, 4.69) is 5.16 Å². The van der Waals surface area contributed by atoms with E-state index in [4.69, 9.17) is 19.0 Å². The van der Waals surface area contributed by atoms with E-state index in [0.29, 0.717) is 17.1 Å². The fourth-order valence-electron chi connectivity index (χ4n) is 3.61. The smallest absolute Gasteiger partial charge is 0.279 e. The van der Waals surface area contributed by atoms with Crippen LogP contribution in [0.15, 0.2) is 41.6 Å². The molecule has 0 radical (unpaired) electrons. The van der Waals surface area contributed by atoms with E-state index in [-0.39, 0.29) is 22.8 Å². The van der Waals surface area contributed by atoms with Gasteiger partial charge in [-0.2, -0.15) is 0 Å². The van der Waals surface area contributed by atoms with Crippen molar-refractivity contribution in [3.63, 3.8) is 0 Å². The van der Waals surface area contributed by atoms with Crippen molar-refractivity contribution in [2.75, 3.05) is 26.2 Å². The summed E-state index contributed by atoms with van der Waals surface area (Å²) in [6.45, 7) is 0. The maximum absolute atomic E-state index is 13.2. The lowest BCUT2D eigenvalue weighted by molar-refractivity contribution is -0.384. The number of nitro benzene ring substituents is 1. The van der Waals surface area contributed by atoms with E-state index in [1.165, 1.54) is 33.5 Å². The molecule has 0 spiro atoms. The number of oxime groups is 1. The topological polar surface area (TPSA) is 130 Å². The first kappa shape index (κ1) is 20.1. The van der Waals surface area contributed by atoms with E-state index >= 15 is 0 Å². The first-order chi connectivity index (χ1) is 14.9. The second-order valence-corrected chi connectivity index (χ2v) is 6.68. The van der Waals surface area contributed by atoms with Gasteiger partial charge < -0.3 is 19.0 Å². The summed E-state index contributed by atoms with van der Waals surface area (Å²) in [5, 5.41) is 15.0. The number of ether oxygens (including phenoxy) is 3. The van der Waals surface area contributed by atoms with E-state index < -0.39 is 28.8 Å². The van der Waals surface area contributed by atoms with Gasteiger partial charge in [0.25, 0.3) is 11.6 Å². The molecule has 0 unspecified atom stereocenters. The number of hydrogen-bond acceptors (Lipinski definition) is 9. The quantitative estimate of drug-likeness (QED) is 0.388. The molecule has 2 aromatic carbocycles. The SMILES string of the molecule is COc1ccc(C2=NO[C@H]3C(=O)N(c4ccc([N+](=O)[O-])cc4OC)C(=O)[C@@H]23)cc1OC. The van der Waals surface area contributed by atoms with Gasteiger partial charge in [-0.3, -0.25) is 19.7 Å².